The molecule has 1 aliphatic carbocycles. The average molecular weight is 934 g/mol. The van der Waals surface area contributed by atoms with Crippen LogP contribution in [0.4, 0.5) is 11.4 Å². The third kappa shape index (κ3) is 10.6. The quantitative estimate of drug-likeness (QED) is 0.0801. The number of carbonyl (C=O) groups is 1. The number of rotatable bonds is 14. The summed E-state index contributed by atoms with van der Waals surface area (Å²) in [6.07, 6.45) is 8.76. The highest BCUT2D eigenvalue weighted by molar-refractivity contribution is 7.99. The third-order valence-electron chi connectivity index (χ3n) is 12.0. The zero-order chi connectivity index (χ0) is 44.5. The van der Waals surface area contributed by atoms with Crippen LogP contribution in [-0.2, 0) is 31.7 Å². The van der Waals surface area contributed by atoms with E-state index in [9.17, 15) is 27.5 Å². The number of nitro benzene ring substituents is 1. The van der Waals surface area contributed by atoms with Crippen LogP contribution < -0.4 is 14.4 Å². The number of nitrogens with one attached hydrogen (secondary N) is 2. The summed E-state index contributed by atoms with van der Waals surface area (Å²) in [7, 11) is -4.59. The second-order valence-corrected chi connectivity index (χ2v) is 21.3. The lowest BCUT2D eigenvalue weighted by molar-refractivity contribution is -0.386. The molecule has 0 radical (unpaired) electrons. The smallest absolute Gasteiger partial charge is 0.275 e. The van der Waals surface area contributed by atoms with E-state index < -0.39 is 36.8 Å². The molecule has 8 rings (SSSR count). The van der Waals surface area contributed by atoms with Gasteiger partial charge in [-0.25, -0.2) is 22.3 Å². The fraction of sp³-hybridized carbons (Fsp3) is 0.378. The Labute approximate surface area is 378 Å². The molecule has 332 valence electrons. The molecular weight excluding hydrogens is 884 g/mol. The standard InChI is InChI=1S/C45H49ClN6O8S3/c1-45(2)13-10-32(39(25-45)30-4-6-33(46)7-5-30)27-50-15-17-51(18-16-50)34-8-9-37(41(22-34)60-35-21-31-11-14-47-43(31)48-26-35)44(53)49-63(57,58)36-23-40(52(54)55)38-20-29(12-19-59-62(3)56)28-61-42(38)24-36/h4-9,11,14,21-24,26,29H,10,12-13,15-20,25,27-28H2,1-3H3,(H,47,48)(H,49,53)/t29-,62?/m1/s1. The largest absolute Gasteiger partial charge is 0.455 e. The van der Waals surface area contributed by atoms with Gasteiger partial charge in [-0.3, -0.25) is 24.0 Å². The summed E-state index contributed by atoms with van der Waals surface area (Å²) in [5.74, 6) is 0.0742. The number of sulfonamides is 1. The summed E-state index contributed by atoms with van der Waals surface area (Å²) in [5, 5.41) is 13.8. The molecule has 1 fully saturated rings. The molecule has 0 bridgehead atoms. The van der Waals surface area contributed by atoms with Crippen LogP contribution in [-0.4, -0.2) is 89.7 Å². The number of pyridine rings is 1. The van der Waals surface area contributed by atoms with Crippen LogP contribution in [0.1, 0.15) is 61.0 Å². The first-order valence-corrected chi connectivity index (χ1v) is 25.1. The maximum Gasteiger partial charge on any atom is 0.275 e. The predicted molar refractivity (Wildman–Crippen MR) is 248 cm³/mol. The van der Waals surface area contributed by atoms with Crippen molar-refractivity contribution < 1.29 is 31.3 Å². The first kappa shape index (κ1) is 44.8. The molecule has 2 aromatic heterocycles. The minimum atomic E-state index is -4.59. The van der Waals surface area contributed by atoms with Crippen LogP contribution in [0, 0.1) is 21.4 Å². The topological polar surface area (TPSA) is 177 Å². The number of H-pyrrole nitrogens is 1. The molecule has 18 heteroatoms. The van der Waals surface area contributed by atoms with Crippen LogP contribution in [0.15, 0.2) is 94.5 Å². The number of ether oxygens (including phenoxy) is 1. The Morgan fingerprint density at radius 2 is 1.87 bits per heavy atom. The van der Waals surface area contributed by atoms with E-state index >= 15 is 0 Å². The van der Waals surface area contributed by atoms with Crippen LogP contribution >= 0.6 is 23.4 Å². The van der Waals surface area contributed by atoms with Crippen molar-refractivity contribution in [3.63, 3.8) is 0 Å². The number of thioether (sulfide) groups is 1. The molecule has 3 aliphatic rings. The number of aromatic nitrogens is 2. The Kier molecular flexibility index (Phi) is 13.3. The predicted octanol–water partition coefficient (Wildman–Crippen LogP) is 8.79. The number of benzene rings is 3. The molecule has 2 aliphatic heterocycles. The number of fused-ring (bicyclic) bond motifs is 2. The van der Waals surface area contributed by atoms with Crippen molar-refractivity contribution in [1.82, 2.24) is 19.6 Å². The zero-order valence-electron chi connectivity index (χ0n) is 35.2. The van der Waals surface area contributed by atoms with E-state index in [0.717, 1.165) is 61.1 Å². The molecule has 5 aromatic rings. The zero-order valence-corrected chi connectivity index (χ0v) is 38.4. The molecule has 63 heavy (non-hydrogen) atoms. The van der Waals surface area contributed by atoms with Crippen molar-refractivity contribution in [1.29, 1.82) is 0 Å². The highest BCUT2D eigenvalue weighted by Gasteiger charge is 2.33. The third-order valence-corrected chi connectivity index (χ3v) is 15.4. The van der Waals surface area contributed by atoms with Crippen LogP contribution in [0.2, 0.25) is 5.02 Å². The van der Waals surface area contributed by atoms with E-state index in [1.807, 2.05) is 18.2 Å². The number of nitrogens with zero attached hydrogens (tertiary/aromatic N) is 4. The van der Waals surface area contributed by atoms with Crippen molar-refractivity contribution in [3.8, 4) is 11.5 Å². The van der Waals surface area contributed by atoms with Crippen molar-refractivity contribution >= 4 is 78.4 Å². The van der Waals surface area contributed by atoms with Crippen molar-refractivity contribution in [2.24, 2.45) is 11.3 Å². The van der Waals surface area contributed by atoms with Gasteiger partial charge in [-0.15, -0.1) is 11.8 Å². The lowest BCUT2D eigenvalue weighted by Gasteiger charge is -2.39. The molecule has 2 N–H and O–H groups in total. The molecule has 4 heterocycles. The van der Waals surface area contributed by atoms with Crippen LogP contribution in [0.25, 0.3) is 16.6 Å². The average Bonchev–Trinajstić information content (AvgIpc) is 3.72. The van der Waals surface area contributed by atoms with E-state index in [4.69, 9.17) is 20.5 Å². The minimum Gasteiger partial charge on any atom is -0.455 e. The van der Waals surface area contributed by atoms with Crippen molar-refractivity contribution in [3.05, 3.63) is 117 Å². The van der Waals surface area contributed by atoms with Gasteiger partial charge in [-0.05, 0) is 97.0 Å². The summed E-state index contributed by atoms with van der Waals surface area (Å²) >= 11 is 6.12. The molecule has 0 spiro atoms. The van der Waals surface area contributed by atoms with E-state index in [1.54, 1.807) is 30.5 Å². The number of carbonyl (C=O) groups excluding carboxylic acids is 1. The van der Waals surface area contributed by atoms with Gasteiger partial charge in [0.2, 0.25) is 0 Å². The Morgan fingerprint density at radius 1 is 1.10 bits per heavy atom. The van der Waals surface area contributed by atoms with Gasteiger partial charge in [0.15, 0.2) is 11.1 Å². The van der Waals surface area contributed by atoms with Crippen LogP contribution in [0.5, 0.6) is 11.5 Å². The molecule has 14 nitrogen and oxygen atoms in total. The van der Waals surface area contributed by atoms with Gasteiger partial charge in [0.05, 0.1) is 28.2 Å². The lowest BCUT2D eigenvalue weighted by Crippen LogP contribution is -2.47. The molecular formula is C45H49ClN6O8S3. The van der Waals surface area contributed by atoms with E-state index in [-0.39, 0.29) is 34.9 Å². The number of piperazine rings is 1. The summed E-state index contributed by atoms with van der Waals surface area (Å²) in [5.41, 5.74) is 5.79. The first-order chi connectivity index (χ1) is 30.1. The molecule has 2 atom stereocenters. The number of hydrogen-bond acceptors (Lipinski definition) is 12. The Morgan fingerprint density at radius 3 is 2.62 bits per heavy atom. The SMILES string of the molecule is CS(=O)OCC[C@H]1CSc2cc(S(=O)(=O)NC(=O)c3ccc(N4CCN(CC5=C(c6ccc(Cl)cc6)CC(C)(C)CC5)CC4)cc3Oc3cnc4[nH]ccc4c3)cc([N+](=O)[O-])c2C1. The van der Waals surface area contributed by atoms with Crippen molar-refractivity contribution in [2.75, 3.05) is 56.2 Å². The summed E-state index contributed by atoms with van der Waals surface area (Å²) < 4.78 is 52.8. The highest BCUT2D eigenvalue weighted by Crippen LogP contribution is 2.44. The molecule has 0 saturated carbocycles. The van der Waals surface area contributed by atoms with Crippen LogP contribution in [0.3, 0.4) is 0 Å². The molecule has 3 aromatic carbocycles. The maximum absolute atomic E-state index is 14.0. The van der Waals surface area contributed by atoms with E-state index in [2.05, 4.69) is 50.5 Å². The molecule has 1 unspecified atom stereocenters. The summed E-state index contributed by atoms with van der Waals surface area (Å²) in [6, 6.07) is 19.2. The number of allylic oxidation sites excluding steroid dienone is 1. The summed E-state index contributed by atoms with van der Waals surface area (Å²) in [6.45, 7) is 8.83. The van der Waals surface area contributed by atoms with Gasteiger partial charge in [0, 0.05) is 89.6 Å². The number of amides is 1. The summed E-state index contributed by atoms with van der Waals surface area (Å²) in [4.78, 5) is 37.9. The van der Waals surface area contributed by atoms with Gasteiger partial charge in [0.25, 0.3) is 21.6 Å². The second kappa shape index (κ2) is 18.7. The Bertz CT molecular complexity index is 2720. The number of anilines is 1. The monoisotopic (exact) mass is 932 g/mol. The number of hydrogen-bond donors (Lipinski definition) is 2. The number of halogens is 1. The first-order valence-electron chi connectivity index (χ1n) is 20.8. The minimum absolute atomic E-state index is 0.00586. The fourth-order valence-electron chi connectivity index (χ4n) is 8.55. The van der Waals surface area contributed by atoms with Gasteiger partial charge >= 0.3 is 0 Å². The van der Waals surface area contributed by atoms with Gasteiger partial charge in [0.1, 0.15) is 17.1 Å². The number of nitro groups is 1. The van der Waals surface area contributed by atoms with Crippen molar-refractivity contribution in [2.45, 2.75) is 55.7 Å². The Balaban J connectivity index is 1.02. The fourth-order valence-corrected chi connectivity index (χ4v) is 11.4. The van der Waals surface area contributed by atoms with E-state index in [1.165, 1.54) is 47.0 Å². The number of aromatic amines is 1. The van der Waals surface area contributed by atoms with E-state index in [0.29, 0.717) is 53.5 Å². The lowest BCUT2D eigenvalue weighted by atomic mass is 9.72. The molecule has 1 amide bonds. The highest BCUT2D eigenvalue weighted by atomic mass is 35.5. The normalized spacial score (nSPS) is 18.5. The van der Waals surface area contributed by atoms with Gasteiger partial charge in [-0.2, -0.15) is 0 Å². The second-order valence-electron chi connectivity index (χ2n) is 17.1. The maximum atomic E-state index is 14.0. The Hall–Kier alpha value is -4.78. The van der Waals surface area contributed by atoms with Gasteiger partial charge < -0.3 is 14.6 Å². The van der Waals surface area contributed by atoms with Gasteiger partial charge in [-0.1, -0.05) is 43.2 Å². The molecule has 1 saturated heterocycles.